The number of carbonyl (C=O) groups is 2. The number of hydrogen-bond acceptors (Lipinski definition) is 3. The van der Waals surface area contributed by atoms with Crippen LogP contribution in [0, 0.1) is 6.92 Å². The smallest absolute Gasteiger partial charge is 0.279 e. The number of aromatic nitrogens is 2. The van der Waals surface area contributed by atoms with Crippen LogP contribution in [0.15, 0.2) is 0 Å². The van der Waals surface area contributed by atoms with Gasteiger partial charge in [-0.25, -0.2) is 0 Å². The SMILES string of the molecule is Cc1c2c(nn1C)C(=O)NC2=O. The van der Waals surface area contributed by atoms with Crippen LogP contribution in [0.3, 0.4) is 0 Å². The minimum absolute atomic E-state index is 0.236. The zero-order valence-corrected chi connectivity index (χ0v) is 6.71. The number of amides is 2. The molecule has 1 aromatic heterocycles. The summed E-state index contributed by atoms with van der Waals surface area (Å²) in [6.45, 7) is 1.75. The van der Waals surface area contributed by atoms with Gasteiger partial charge in [0, 0.05) is 12.7 Å². The summed E-state index contributed by atoms with van der Waals surface area (Å²) in [7, 11) is 1.70. The van der Waals surface area contributed by atoms with Gasteiger partial charge in [0.25, 0.3) is 11.8 Å². The summed E-state index contributed by atoms with van der Waals surface area (Å²) in [5.74, 6) is -0.751. The molecule has 0 fully saturated rings. The van der Waals surface area contributed by atoms with Gasteiger partial charge in [-0.3, -0.25) is 19.6 Å². The van der Waals surface area contributed by atoms with Gasteiger partial charge in [-0.1, -0.05) is 0 Å². The molecular weight excluding hydrogens is 158 g/mol. The number of aryl methyl sites for hydroxylation is 1. The monoisotopic (exact) mass is 165 g/mol. The van der Waals surface area contributed by atoms with Crippen molar-refractivity contribution >= 4 is 11.8 Å². The Labute approximate surface area is 68.4 Å². The van der Waals surface area contributed by atoms with E-state index in [1.165, 1.54) is 4.68 Å². The zero-order chi connectivity index (χ0) is 8.88. The normalized spacial score (nSPS) is 14.8. The molecule has 62 valence electrons. The van der Waals surface area contributed by atoms with Gasteiger partial charge >= 0.3 is 0 Å². The second-order valence-corrected chi connectivity index (χ2v) is 2.72. The number of nitrogens with zero attached hydrogens (tertiary/aromatic N) is 2. The molecule has 0 unspecified atom stereocenters. The van der Waals surface area contributed by atoms with Crippen LogP contribution >= 0.6 is 0 Å². The molecule has 2 amide bonds. The zero-order valence-electron chi connectivity index (χ0n) is 6.71. The van der Waals surface area contributed by atoms with Crippen LogP contribution in [0.2, 0.25) is 0 Å². The lowest BCUT2D eigenvalue weighted by Crippen LogP contribution is -2.22. The van der Waals surface area contributed by atoms with Gasteiger partial charge in [0.2, 0.25) is 0 Å². The predicted octanol–water partition coefficient (Wildman–Crippen LogP) is -0.388. The maximum Gasteiger partial charge on any atom is 0.279 e. The topological polar surface area (TPSA) is 64.0 Å². The summed E-state index contributed by atoms with van der Waals surface area (Å²) in [6, 6.07) is 0. The fourth-order valence-electron chi connectivity index (χ4n) is 1.26. The number of fused-ring (bicyclic) bond motifs is 1. The lowest BCUT2D eigenvalue weighted by molar-refractivity contribution is 0.0875. The molecule has 0 radical (unpaired) electrons. The largest absolute Gasteiger partial charge is 0.287 e. The Morgan fingerprint density at radius 1 is 1.33 bits per heavy atom. The molecule has 0 atom stereocenters. The second kappa shape index (κ2) is 1.94. The Kier molecular flexibility index (Phi) is 1.13. The van der Waals surface area contributed by atoms with E-state index in [9.17, 15) is 9.59 Å². The molecule has 2 rings (SSSR count). The summed E-state index contributed by atoms with van der Waals surface area (Å²) in [5, 5.41) is 6.08. The lowest BCUT2D eigenvalue weighted by atomic mass is 10.2. The molecule has 0 spiro atoms. The van der Waals surface area contributed by atoms with Crippen molar-refractivity contribution in [3.05, 3.63) is 17.0 Å². The van der Waals surface area contributed by atoms with Crippen molar-refractivity contribution in [2.45, 2.75) is 6.92 Å². The fraction of sp³-hybridized carbons (Fsp3) is 0.286. The van der Waals surface area contributed by atoms with E-state index in [-0.39, 0.29) is 11.6 Å². The van der Waals surface area contributed by atoms with Gasteiger partial charge in [-0.2, -0.15) is 5.10 Å². The van der Waals surface area contributed by atoms with Crippen molar-refractivity contribution in [1.29, 1.82) is 0 Å². The van der Waals surface area contributed by atoms with Gasteiger partial charge in [0.15, 0.2) is 5.69 Å². The predicted molar refractivity (Wildman–Crippen MR) is 39.7 cm³/mol. The molecular formula is C7H7N3O2. The van der Waals surface area contributed by atoms with Crippen LogP contribution < -0.4 is 5.32 Å². The van der Waals surface area contributed by atoms with E-state index in [2.05, 4.69) is 10.4 Å². The van der Waals surface area contributed by atoms with Crippen LogP contribution in [-0.2, 0) is 7.05 Å². The van der Waals surface area contributed by atoms with E-state index in [1.807, 2.05) is 0 Å². The minimum Gasteiger partial charge on any atom is -0.287 e. The third kappa shape index (κ3) is 0.650. The van der Waals surface area contributed by atoms with Crippen LogP contribution in [0.5, 0.6) is 0 Å². The van der Waals surface area contributed by atoms with E-state index in [0.29, 0.717) is 11.3 Å². The van der Waals surface area contributed by atoms with Gasteiger partial charge in [-0.05, 0) is 6.92 Å². The number of imide groups is 1. The minimum atomic E-state index is -0.404. The summed E-state index contributed by atoms with van der Waals surface area (Å²) in [4.78, 5) is 22.2. The van der Waals surface area contributed by atoms with Gasteiger partial charge in [-0.15, -0.1) is 0 Å². The summed E-state index contributed by atoms with van der Waals surface area (Å²) < 4.78 is 1.53. The Morgan fingerprint density at radius 2 is 2.00 bits per heavy atom. The van der Waals surface area contributed by atoms with E-state index < -0.39 is 5.91 Å². The third-order valence-electron chi connectivity index (χ3n) is 2.00. The molecule has 0 bridgehead atoms. The van der Waals surface area contributed by atoms with Crippen LogP contribution in [0.4, 0.5) is 0 Å². The summed E-state index contributed by atoms with van der Waals surface area (Å²) in [5.41, 5.74) is 1.36. The van der Waals surface area contributed by atoms with Crippen LogP contribution in [0.1, 0.15) is 26.5 Å². The van der Waals surface area contributed by atoms with Crippen LogP contribution in [-0.4, -0.2) is 21.6 Å². The molecule has 1 aliphatic heterocycles. The molecule has 1 aromatic rings. The molecule has 5 nitrogen and oxygen atoms in total. The molecule has 5 heteroatoms. The van der Waals surface area contributed by atoms with Crippen molar-refractivity contribution in [3.63, 3.8) is 0 Å². The Balaban J connectivity index is 2.75. The molecule has 0 aromatic carbocycles. The number of rotatable bonds is 0. The molecule has 1 aliphatic rings. The standard InChI is InChI=1S/C7H7N3O2/c1-3-4-5(9-10(3)2)7(12)8-6(4)11/h1-2H3,(H,8,11,12). The average molecular weight is 165 g/mol. The number of hydrogen-bond donors (Lipinski definition) is 1. The maximum absolute atomic E-state index is 11.1. The highest BCUT2D eigenvalue weighted by Crippen LogP contribution is 2.17. The highest BCUT2D eigenvalue weighted by molar-refractivity contribution is 6.21. The third-order valence-corrected chi connectivity index (χ3v) is 2.00. The summed E-state index contributed by atoms with van der Waals surface area (Å²) >= 11 is 0. The Bertz CT molecular complexity index is 392. The summed E-state index contributed by atoms with van der Waals surface area (Å²) in [6.07, 6.45) is 0. The van der Waals surface area contributed by atoms with Crippen LogP contribution in [0.25, 0.3) is 0 Å². The van der Waals surface area contributed by atoms with Gasteiger partial charge in [0.1, 0.15) is 0 Å². The van der Waals surface area contributed by atoms with Crippen molar-refractivity contribution < 1.29 is 9.59 Å². The highest BCUT2D eigenvalue weighted by Gasteiger charge is 2.32. The first-order valence-electron chi connectivity index (χ1n) is 3.50. The van der Waals surface area contributed by atoms with Crippen molar-refractivity contribution in [3.8, 4) is 0 Å². The van der Waals surface area contributed by atoms with Crippen molar-refractivity contribution in [2.75, 3.05) is 0 Å². The molecule has 0 saturated heterocycles. The maximum atomic E-state index is 11.1. The highest BCUT2D eigenvalue weighted by atomic mass is 16.2. The quantitative estimate of drug-likeness (QED) is 0.532. The molecule has 12 heavy (non-hydrogen) atoms. The molecule has 0 saturated carbocycles. The first-order valence-corrected chi connectivity index (χ1v) is 3.50. The van der Waals surface area contributed by atoms with E-state index in [1.54, 1.807) is 14.0 Å². The van der Waals surface area contributed by atoms with Gasteiger partial charge < -0.3 is 0 Å². The first kappa shape index (κ1) is 7.02. The van der Waals surface area contributed by atoms with E-state index in [0.717, 1.165) is 0 Å². The number of nitrogens with one attached hydrogen (secondary N) is 1. The Morgan fingerprint density at radius 3 is 2.58 bits per heavy atom. The van der Waals surface area contributed by atoms with E-state index in [4.69, 9.17) is 0 Å². The fourth-order valence-corrected chi connectivity index (χ4v) is 1.26. The molecule has 0 aliphatic carbocycles. The van der Waals surface area contributed by atoms with Gasteiger partial charge in [0.05, 0.1) is 5.56 Å². The number of carbonyl (C=O) groups excluding carboxylic acids is 2. The van der Waals surface area contributed by atoms with Crippen molar-refractivity contribution in [2.24, 2.45) is 7.05 Å². The van der Waals surface area contributed by atoms with E-state index >= 15 is 0 Å². The first-order chi connectivity index (χ1) is 5.61. The molecule has 1 N–H and O–H groups in total. The molecule has 2 heterocycles. The lowest BCUT2D eigenvalue weighted by Gasteiger charge is -1.95. The second-order valence-electron chi connectivity index (χ2n) is 2.72. The van der Waals surface area contributed by atoms with Crippen molar-refractivity contribution in [1.82, 2.24) is 15.1 Å². The Hall–Kier alpha value is -1.65. The average Bonchev–Trinajstić information content (AvgIpc) is 2.41.